The van der Waals surface area contributed by atoms with E-state index in [4.69, 9.17) is 9.47 Å². The highest BCUT2D eigenvalue weighted by molar-refractivity contribution is 5.67. The first-order chi connectivity index (χ1) is 11.6. The molecular formula is C17H23FN2O5. The molecule has 1 fully saturated rings. The lowest BCUT2D eigenvalue weighted by Crippen LogP contribution is -2.35. The molecule has 0 saturated heterocycles. The topological polar surface area (TPSA) is 90.7 Å². The van der Waals surface area contributed by atoms with E-state index in [1.54, 1.807) is 20.8 Å². The number of rotatable bonds is 5. The fraction of sp³-hybridized carbons (Fsp3) is 0.588. The fourth-order valence-corrected chi connectivity index (χ4v) is 2.78. The Balaban J connectivity index is 1.86. The van der Waals surface area contributed by atoms with E-state index in [2.05, 4.69) is 5.32 Å². The van der Waals surface area contributed by atoms with Crippen molar-refractivity contribution >= 4 is 11.8 Å². The summed E-state index contributed by atoms with van der Waals surface area (Å²) in [6, 6.07) is 3.17. The quantitative estimate of drug-likeness (QED) is 0.641. The highest BCUT2D eigenvalue weighted by atomic mass is 19.1. The predicted molar refractivity (Wildman–Crippen MR) is 89.0 cm³/mol. The van der Waals surface area contributed by atoms with Crippen LogP contribution in [0.3, 0.4) is 0 Å². The van der Waals surface area contributed by atoms with E-state index in [9.17, 15) is 19.3 Å². The monoisotopic (exact) mass is 354 g/mol. The van der Waals surface area contributed by atoms with Crippen LogP contribution in [0.4, 0.5) is 14.9 Å². The number of hydrogen-bond donors (Lipinski definition) is 1. The van der Waals surface area contributed by atoms with Gasteiger partial charge in [-0.25, -0.2) is 9.18 Å². The summed E-state index contributed by atoms with van der Waals surface area (Å²) in [5.41, 5.74) is -0.807. The summed E-state index contributed by atoms with van der Waals surface area (Å²) in [6.45, 7) is 5.81. The van der Waals surface area contributed by atoms with Crippen LogP contribution in [0.5, 0.6) is 5.75 Å². The Morgan fingerprint density at radius 2 is 2.12 bits per heavy atom. The fourth-order valence-electron chi connectivity index (χ4n) is 2.78. The van der Waals surface area contributed by atoms with Gasteiger partial charge in [0.15, 0.2) is 5.75 Å². The predicted octanol–water partition coefficient (Wildman–Crippen LogP) is 3.81. The van der Waals surface area contributed by atoms with Gasteiger partial charge in [0.25, 0.3) is 0 Å². The molecule has 138 valence electrons. The van der Waals surface area contributed by atoms with Crippen molar-refractivity contribution < 1.29 is 23.6 Å². The van der Waals surface area contributed by atoms with Gasteiger partial charge in [-0.3, -0.25) is 10.1 Å². The molecular weight excluding hydrogens is 331 g/mol. The van der Waals surface area contributed by atoms with Gasteiger partial charge in [-0.05, 0) is 52.0 Å². The van der Waals surface area contributed by atoms with E-state index in [0.29, 0.717) is 19.4 Å². The zero-order valence-electron chi connectivity index (χ0n) is 14.6. The average molecular weight is 354 g/mol. The Bertz CT molecular complexity index is 644. The summed E-state index contributed by atoms with van der Waals surface area (Å²) in [5, 5.41) is 13.7. The number of alkyl carbamates (subject to hydrolysis) is 1. The van der Waals surface area contributed by atoms with E-state index in [1.807, 2.05) is 0 Å². The third-order valence-electron chi connectivity index (χ3n) is 3.84. The third-order valence-corrected chi connectivity index (χ3v) is 3.84. The van der Waals surface area contributed by atoms with Gasteiger partial charge in [-0.15, -0.1) is 0 Å². The molecule has 0 unspecified atom stereocenters. The van der Waals surface area contributed by atoms with Gasteiger partial charge in [0.1, 0.15) is 11.4 Å². The van der Waals surface area contributed by atoms with Crippen molar-refractivity contribution in [2.24, 2.45) is 5.92 Å². The molecule has 7 nitrogen and oxygen atoms in total. The molecule has 2 rings (SSSR count). The van der Waals surface area contributed by atoms with Crippen molar-refractivity contribution in [3.63, 3.8) is 0 Å². The number of nitro benzene ring substituents is 1. The zero-order chi connectivity index (χ0) is 18.6. The molecule has 1 aliphatic rings. The lowest BCUT2D eigenvalue weighted by Gasteiger charge is -2.20. The minimum Gasteiger partial charge on any atom is -0.483 e. The minimum atomic E-state index is -0.592. The highest BCUT2D eigenvalue weighted by Gasteiger charge is 2.29. The van der Waals surface area contributed by atoms with Crippen LogP contribution in [0, 0.1) is 21.8 Å². The molecule has 8 heteroatoms. The van der Waals surface area contributed by atoms with Crippen molar-refractivity contribution in [2.75, 3.05) is 6.54 Å². The Hall–Kier alpha value is -2.38. The molecule has 1 aromatic rings. The lowest BCUT2D eigenvalue weighted by atomic mass is 10.1. The first-order valence-corrected chi connectivity index (χ1v) is 8.21. The summed E-state index contributed by atoms with van der Waals surface area (Å²) in [6.07, 6.45) is 1.41. The molecule has 1 aromatic carbocycles. The van der Waals surface area contributed by atoms with Crippen molar-refractivity contribution in [3.8, 4) is 5.75 Å². The van der Waals surface area contributed by atoms with Crippen molar-refractivity contribution in [3.05, 3.63) is 34.1 Å². The maximum Gasteiger partial charge on any atom is 0.407 e. The number of nitro groups is 1. The minimum absolute atomic E-state index is 0.0595. The van der Waals surface area contributed by atoms with Crippen LogP contribution in [0.15, 0.2) is 18.2 Å². The third kappa shape index (κ3) is 5.88. The van der Waals surface area contributed by atoms with Crippen LogP contribution in [-0.4, -0.2) is 29.3 Å². The second-order valence-corrected chi connectivity index (χ2v) is 7.17. The Morgan fingerprint density at radius 3 is 2.76 bits per heavy atom. The molecule has 25 heavy (non-hydrogen) atoms. The number of nitrogens with zero attached hydrogens (tertiary/aromatic N) is 1. The summed E-state index contributed by atoms with van der Waals surface area (Å²) in [7, 11) is 0. The summed E-state index contributed by atoms with van der Waals surface area (Å²) in [4.78, 5) is 22.1. The molecule has 2 atom stereocenters. The molecule has 0 heterocycles. The maximum atomic E-state index is 13.3. The van der Waals surface area contributed by atoms with Crippen molar-refractivity contribution in [1.82, 2.24) is 5.32 Å². The van der Waals surface area contributed by atoms with Gasteiger partial charge in [0.2, 0.25) is 0 Å². The molecule has 1 aliphatic carbocycles. The van der Waals surface area contributed by atoms with Gasteiger partial charge in [-0.2, -0.15) is 0 Å². The van der Waals surface area contributed by atoms with Crippen LogP contribution in [0.2, 0.25) is 0 Å². The van der Waals surface area contributed by atoms with E-state index >= 15 is 0 Å². The van der Waals surface area contributed by atoms with E-state index in [-0.39, 0.29) is 23.5 Å². The first kappa shape index (κ1) is 19.0. The van der Waals surface area contributed by atoms with E-state index in [1.165, 1.54) is 0 Å². The highest BCUT2D eigenvalue weighted by Crippen LogP contribution is 2.33. The van der Waals surface area contributed by atoms with Crippen molar-refractivity contribution in [1.29, 1.82) is 0 Å². The second-order valence-electron chi connectivity index (χ2n) is 7.17. The number of amides is 1. The molecule has 0 spiro atoms. The van der Waals surface area contributed by atoms with Gasteiger partial charge in [0, 0.05) is 18.7 Å². The van der Waals surface area contributed by atoms with Crippen molar-refractivity contribution in [2.45, 2.75) is 51.7 Å². The van der Waals surface area contributed by atoms with Gasteiger partial charge < -0.3 is 14.8 Å². The summed E-state index contributed by atoms with van der Waals surface area (Å²) < 4.78 is 24.2. The lowest BCUT2D eigenvalue weighted by molar-refractivity contribution is -0.386. The largest absolute Gasteiger partial charge is 0.483 e. The molecule has 0 aliphatic heterocycles. The van der Waals surface area contributed by atoms with Gasteiger partial charge in [0.05, 0.1) is 11.0 Å². The van der Waals surface area contributed by atoms with Crippen LogP contribution in [-0.2, 0) is 4.74 Å². The van der Waals surface area contributed by atoms with Crippen LogP contribution in [0.25, 0.3) is 0 Å². The SMILES string of the molecule is CC(C)(C)OC(=O)NC[C@H]1CC[C@H](Oc2cc(F)ccc2[N+](=O)[O-])C1. The molecule has 0 radical (unpaired) electrons. The molecule has 1 N–H and O–H groups in total. The first-order valence-electron chi connectivity index (χ1n) is 8.21. The van der Waals surface area contributed by atoms with Crippen LogP contribution >= 0.6 is 0 Å². The maximum absolute atomic E-state index is 13.3. The standard InChI is InChI=1S/C17H23FN2O5/c1-17(2,3)25-16(21)19-10-11-4-6-13(8-11)24-15-9-12(18)5-7-14(15)20(22)23/h5,7,9,11,13H,4,6,8,10H2,1-3H3,(H,19,21)/t11-,13-/m0/s1. The number of benzene rings is 1. The van der Waals surface area contributed by atoms with Gasteiger partial charge in [-0.1, -0.05) is 0 Å². The molecule has 0 bridgehead atoms. The molecule has 0 aromatic heterocycles. The normalized spacial score (nSPS) is 20.2. The number of carbonyl (C=O) groups is 1. The Kier molecular flexibility index (Phi) is 5.81. The number of hydrogen-bond acceptors (Lipinski definition) is 5. The van der Waals surface area contributed by atoms with Crippen LogP contribution in [0.1, 0.15) is 40.0 Å². The number of carbonyl (C=O) groups excluding carboxylic acids is 1. The Morgan fingerprint density at radius 1 is 1.40 bits per heavy atom. The van der Waals surface area contributed by atoms with E-state index < -0.39 is 22.4 Å². The van der Waals surface area contributed by atoms with Crippen LogP contribution < -0.4 is 10.1 Å². The Labute approximate surface area is 145 Å². The number of ether oxygens (including phenoxy) is 2. The van der Waals surface area contributed by atoms with Gasteiger partial charge >= 0.3 is 11.8 Å². The zero-order valence-corrected chi connectivity index (χ0v) is 14.6. The second kappa shape index (κ2) is 7.67. The average Bonchev–Trinajstić information content (AvgIpc) is 2.90. The molecule has 1 amide bonds. The summed E-state index contributed by atoms with van der Waals surface area (Å²) in [5.74, 6) is -0.456. The summed E-state index contributed by atoms with van der Waals surface area (Å²) >= 11 is 0. The number of nitrogens with one attached hydrogen (secondary N) is 1. The smallest absolute Gasteiger partial charge is 0.407 e. The number of halogens is 1. The van der Waals surface area contributed by atoms with E-state index in [0.717, 1.165) is 24.6 Å². The molecule has 1 saturated carbocycles.